The summed E-state index contributed by atoms with van der Waals surface area (Å²) in [6.45, 7) is 14.4. The van der Waals surface area contributed by atoms with Crippen LogP contribution in [0.25, 0.3) is 0 Å². The summed E-state index contributed by atoms with van der Waals surface area (Å²) in [5.41, 5.74) is 2.15. The predicted molar refractivity (Wildman–Crippen MR) is 103 cm³/mol. The minimum absolute atomic E-state index is 0.0452. The molecular formula is C22H32O4. The number of benzene rings is 1. The van der Waals surface area contributed by atoms with Gasteiger partial charge in [-0.3, -0.25) is 9.59 Å². The quantitative estimate of drug-likeness (QED) is 0.631. The van der Waals surface area contributed by atoms with E-state index in [-0.39, 0.29) is 29.1 Å². The number of aromatic hydroxyl groups is 1. The highest BCUT2D eigenvalue weighted by Crippen LogP contribution is 2.45. The van der Waals surface area contributed by atoms with E-state index in [0.29, 0.717) is 18.6 Å². The predicted octanol–water partition coefficient (Wildman–Crippen LogP) is 4.61. The summed E-state index contributed by atoms with van der Waals surface area (Å²) >= 11 is 0. The first kappa shape index (κ1) is 20.5. The molecule has 1 N–H and O–H groups in total. The molecule has 0 amide bonds. The fourth-order valence-electron chi connectivity index (χ4n) is 3.75. The van der Waals surface area contributed by atoms with Crippen LogP contribution in [0.3, 0.4) is 0 Å². The molecule has 1 aliphatic carbocycles. The van der Waals surface area contributed by atoms with Crippen LogP contribution in [0.5, 0.6) is 5.75 Å². The van der Waals surface area contributed by atoms with Gasteiger partial charge in [-0.15, -0.1) is 0 Å². The van der Waals surface area contributed by atoms with Crippen LogP contribution in [0.2, 0.25) is 0 Å². The van der Waals surface area contributed by atoms with Crippen molar-refractivity contribution in [3.63, 3.8) is 0 Å². The molecule has 26 heavy (non-hydrogen) atoms. The molecule has 1 aliphatic rings. The third kappa shape index (κ3) is 3.94. The number of phenolic OH excluding ortho intramolecular Hbond substituents is 1. The van der Waals surface area contributed by atoms with Crippen LogP contribution in [0.15, 0.2) is 12.1 Å². The van der Waals surface area contributed by atoms with Crippen molar-refractivity contribution < 1.29 is 19.4 Å². The van der Waals surface area contributed by atoms with Crippen LogP contribution >= 0.6 is 0 Å². The zero-order valence-electron chi connectivity index (χ0n) is 17.1. The maximum Gasteiger partial charge on any atom is 0.317 e. The summed E-state index contributed by atoms with van der Waals surface area (Å²) in [7, 11) is 0. The van der Waals surface area contributed by atoms with E-state index in [2.05, 4.69) is 41.5 Å². The van der Waals surface area contributed by atoms with Gasteiger partial charge in [0.25, 0.3) is 0 Å². The Hall–Kier alpha value is -1.84. The SMILES string of the molecule is CCOC(=O)[C@H]1C(=O)CC[C@@H]1c1cc(C(C)(C)C)c(O)c(C(C)(C)C)c1. The molecule has 144 valence electrons. The minimum atomic E-state index is -0.736. The molecule has 0 aromatic heterocycles. The third-order valence-corrected chi connectivity index (χ3v) is 5.17. The molecule has 1 saturated carbocycles. The van der Waals surface area contributed by atoms with Crippen LogP contribution in [0, 0.1) is 5.92 Å². The van der Waals surface area contributed by atoms with Crippen molar-refractivity contribution in [1.29, 1.82) is 0 Å². The van der Waals surface area contributed by atoms with Gasteiger partial charge in [-0.1, -0.05) is 53.7 Å². The molecule has 0 spiro atoms. The fourth-order valence-corrected chi connectivity index (χ4v) is 3.75. The number of ketones is 1. The van der Waals surface area contributed by atoms with Gasteiger partial charge in [0.05, 0.1) is 6.61 Å². The summed E-state index contributed by atoms with van der Waals surface area (Å²) in [6, 6.07) is 3.94. The molecule has 4 nitrogen and oxygen atoms in total. The van der Waals surface area contributed by atoms with Gasteiger partial charge in [-0.2, -0.15) is 0 Å². The number of rotatable bonds is 3. The molecule has 0 heterocycles. The van der Waals surface area contributed by atoms with Gasteiger partial charge in [0.1, 0.15) is 17.5 Å². The Balaban J connectivity index is 2.62. The Morgan fingerprint density at radius 3 is 2.04 bits per heavy atom. The van der Waals surface area contributed by atoms with Crippen LogP contribution in [0.4, 0.5) is 0 Å². The Kier molecular flexibility index (Phi) is 5.55. The van der Waals surface area contributed by atoms with E-state index in [1.165, 1.54) is 0 Å². The Morgan fingerprint density at radius 1 is 1.12 bits per heavy atom. The Labute approximate surface area is 156 Å². The molecule has 2 rings (SSSR count). The zero-order valence-corrected chi connectivity index (χ0v) is 17.1. The number of esters is 1. The summed E-state index contributed by atoms with van der Waals surface area (Å²) in [5.74, 6) is -1.09. The van der Waals surface area contributed by atoms with Crippen molar-refractivity contribution in [3.05, 3.63) is 28.8 Å². The lowest BCUT2D eigenvalue weighted by molar-refractivity contribution is -0.151. The number of hydrogen-bond acceptors (Lipinski definition) is 4. The molecule has 4 heteroatoms. The number of ether oxygens (including phenoxy) is 1. The van der Waals surface area contributed by atoms with E-state index >= 15 is 0 Å². The fraction of sp³-hybridized carbons (Fsp3) is 0.636. The van der Waals surface area contributed by atoms with Crippen LogP contribution in [0.1, 0.15) is 83.9 Å². The molecule has 0 saturated heterocycles. The second-order valence-electron chi connectivity index (χ2n) is 9.31. The van der Waals surface area contributed by atoms with Crippen LogP contribution in [-0.2, 0) is 25.2 Å². The van der Waals surface area contributed by atoms with E-state index in [4.69, 9.17) is 4.74 Å². The van der Waals surface area contributed by atoms with Gasteiger partial charge < -0.3 is 9.84 Å². The molecule has 0 radical (unpaired) electrons. The normalized spacial score (nSPS) is 21.1. The van der Waals surface area contributed by atoms with Gasteiger partial charge in [0, 0.05) is 12.3 Å². The van der Waals surface area contributed by atoms with Gasteiger partial charge >= 0.3 is 5.97 Å². The lowest BCUT2D eigenvalue weighted by Gasteiger charge is -2.30. The molecular weight excluding hydrogens is 328 g/mol. The van der Waals surface area contributed by atoms with E-state index in [1.54, 1.807) is 6.92 Å². The zero-order chi connectivity index (χ0) is 19.9. The highest BCUT2D eigenvalue weighted by atomic mass is 16.5. The van der Waals surface area contributed by atoms with Crippen molar-refractivity contribution in [2.45, 2.75) is 78.1 Å². The number of hydrogen-bond donors (Lipinski definition) is 1. The van der Waals surface area contributed by atoms with Gasteiger partial charge in [0.2, 0.25) is 0 Å². The molecule has 0 aliphatic heterocycles. The second-order valence-corrected chi connectivity index (χ2v) is 9.31. The van der Waals surface area contributed by atoms with Crippen molar-refractivity contribution in [1.82, 2.24) is 0 Å². The number of Topliss-reactive ketones (excluding diaryl/α,β-unsaturated/α-hetero) is 1. The van der Waals surface area contributed by atoms with Gasteiger partial charge in [-0.05, 0) is 40.9 Å². The number of carbonyl (C=O) groups is 2. The first-order valence-electron chi connectivity index (χ1n) is 9.45. The first-order chi connectivity index (χ1) is 11.9. The molecule has 1 aromatic rings. The molecule has 0 unspecified atom stereocenters. The lowest BCUT2D eigenvalue weighted by Crippen LogP contribution is -2.27. The summed E-state index contributed by atoms with van der Waals surface area (Å²) < 4.78 is 5.16. The summed E-state index contributed by atoms with van der Waals surface area (Å²) in [5, 5.41) is 10.9. The van der Waals surface area contributed by atoms with Crippen molar-refractivity contribution in [2.24, 2.45) is 5.92 Å². The van der Waals surface area contributed by atoms with Gasteiger partial charge in [-0.25, -0.2) is 0 Å². The third-order valence-electron chi connectivity index (χ3n) is 5.17. The summed E-state index contributed by atoms with van der Waals surface area (Å²) in [6.07, 6.45) is 1.03. The van der Waals surface area contributed by atoms with Crippen molar-refractivity contribution in [3.8, 4) is 5.75 Å². The van der Waals surface area contributed by atoms with Crippen molar-refractivity contribution in [2.75, 3.05) is 6.61 Å². The maximum atomic E-state index is 12.4. The van der Waals surface area contributed by atoms with Crippen LogP contribution in [-0.4, -0.2) is 23.5 Å². The maximum absolute atomic E-state index is 12.4. The minimum Gasteiger partial charge on any atom is -0.507 e. The summed E-state index contributed by atoms with van der Waals surface area (Å²) in [4.78, 5) is 24.7. The average Bonchev–Trinajstić information content (AvgIpc) is 2.87. The first-order valence-corrected chi connectivity index (χ1v) is 9.45. The molecule has 1 fully saturated rings. The van der Waals surface area contributed by atoms with Crippen molar-refractivity contribution >= 4 is 11.8 Å². The smallest absolute Gasteiger partial charge is 0.317 e. The topological polar surface area (TPSA) is 63.6 Å². The lowest BCUT2D eigenvalue weighted by atomic mass is 9.76. The van der Waals surface area contributed by atoms with E-state index in [0.717, 1.165) is 16.7 Å². The number of carbonyl (C=O) groups excluding carboxylic acids is 2. The molecule has 0 bridgehead atoms. The van der Waals surface area contributed by atoms with Crippen LogP contribution < -0.4 is 0 Å². The monoisotopic (exact) mass is 360 g/mol. The Morgan fingerprint density at radius 2 is 1.62 bits per heavy atom. The van der Waals surface area contributed by atoms with E-state index in [1.807, 2.05) is 12.1 Å². The van der Waals surface area contributed by atoms with Gasteiger partial charge in [0.15, 0.2) is 0 Å². The molecule has 2 atom stereocenters. The second kappa shape index (κ2) is 7.05. The standard InChI is InChI=1S/C22H32O4/c1-8-26-20(25)18-14(9-10-17(18)23)13-11-15(21(2,3)4)19(24)16(12-13)22(5,6)7/h11-12,14,18,24H,8-10H2,1-7H3/t14-,18-/m1/s1. The largest absolute Gasteiger partial charge is 0.507 e. The van der Waals surface area contributed by atoms with E-state index in [9.17, 15) is 14.7 Å². The Bertz CT molecular complexity index is 669. The molecule has 1 aromatic carbocycles. The highest BCUT2D eigenvalue weighted by Gasteiger charge is 2.42. The number of phenols is 1. The highest BCUT2D eigenvalue weighted by molar-refractivity contribution is 6.01. The van der Waals surface area contributed by atoms with E-state index < -0.39 is 11.9 Å². The average molecular weight is 360 g/mol.